The molecule has 21 heavy (non-hydrogen) atoms. The number of thiophene rings is 1. The van der Waals surface area contributed by atoms with Crippen molar-refractivity contribution < 1.29 is 9.53 Å². The molecule has 2 aromatic heterocycles. The van der Waals surface area contributed by atoms with Crippen LogP contribution in [0.3, 0.4) is 0 Å². The minimum atomic E-state index is -0.188. The zero-order valence-electron chi connectivity index (χ0n) is 11.7. The van der Waals surface area contributed by atoms with Crippen molar-refractivity contribution in [3.63, 3.8) is 0 Å². The zero-order valence-corrected chi connectivity index (χ0v) is 13.4. The third kappa shape index (κ3) is 3.53. The largest absolute Gasteiger partial charge is 0.376 e. The second-order valence-corrected chi connectivity index (χ2v) is 7.20. The quantitative estimate of drug-likeness (QED) is 0.676. The number of fused-ring (bicyclic) bond motifs is 1. The number of rotatable bonds is 5. The van der Waals surface area contributed by atoms with Crippen molar-refractivity contribution in [1.82, 2.24) is 15.3 Å². The van der Waals surface area contributed by atoms with E-state index in [1.54, 1.807) is 17.7 Å². The highest BCUT2D eigenvalue weighted by Gasteiger charge is 2.20. The highest BCUT2D eigenvalue weighted by Crippen LogP contribution is 2.31. The fourth-order valence-electron chi connectivity index (χ4n) is 2.23. The predicted molar refractivity (Wildman–Crippen MR) is 84.7 cm³/mol. The number of carbonyl (C=O) groups is 1. The Morgan fingerprint density at radius 1 is 1.62 bits per heavy atom. The van der Waals surface area contributed by atoms with Crippen LogP contribution in [-0.2, 0) is 9.53 Å². The molecule has 0 aromatic carbocycles. The molecule has 1 aliphatic heterocycles. The molecule has 2 unspecified atom stereocenters. The van der Waals surface area contributed by atoms with E-state index in [0.29, 0.717) is 6.54 Å². The lowest BCUT2D eigenvalue weighted by atomic mass is 10.2. The lowest BCUT2D eigenvalue weighted by molar-refractivity contribution is -0.120. The van der Waals surface area contributed by atoms with E-state index in [4.69, 9.17) is 4.74 Å². The maximum Gasteiger partial charge on any atom is 0.233 e. The lowest BCUT2D eigenvalue weighted by Crippen LogP contribution is -2.36. The van der Waals surface area contributed by atoms with Crippen molar-refractivity contribution in [2.24, 2.45) is 0 Å². The van der Waals surface area contributed by atoms with Gasteiger partial charge in [0.2, 0.25) is 5.91 Å². The van der Waals surface area contributed by atoms with E-state index in [9.17, 15) is 4.79 Å². The Hall–Kier alpha value is -1.18. The third-order valence-electron chi connectivity index (χ3n) is 3.40. The molecule has 1 aliphatic rings. The van der Waals surface area contributed by atoms with E-state index in [0.717, 1.165) is 34.7 Å². The summed E-state index contributed by atoms with van der Waals surface area (Å²) in [5.74, 6) is 0.0267. The van der Waals surface area contributed by atoms with Crippen LogP contribution in [0.2, 0.25) is 0 Å². The normalized spacial score (nSPS) is 19.8. The first-order chi connectivity index (χ1) is 10.2. The van der Waals surface area contributed by atoms with Gasteiger partial charge in [-0.3, -0.25) is 4.79 Å². The maximum absolute atomic E-state index is 12.2. The molecule has 2 aromatic rings. The molecule has 1 N–H and O–H groups in total. The molecular formula is C14H17N3O2S2. The van der Waals surface area contributed by atoms with Crippen LogP contribution in [-0.4, -0.2) is 40.4 Å². The zero-order chi connectivity index (χ0) is 14.7. The molecule has 3 rings (SSSR count). The van der Waals surface area contributed by atoms with E-state index in [1.165, 1.54) is 11.8 Å². The molecule has 0 aliphatic carbocycles. The monoisotopic (exact) mass is 323 g/mol. The highest BCUT2D eigenvalue weighted by molar-refractivity contribution is 8.00. The van der Waals surface area contributed by atoms with Gasteiger partial charge in [0, 0.05) is 13.2 Å². The van der Waals surface area contributed by atoms with Crippen molar-refractivity contribution in [3.05, 3.63) is 17.8 Å². The Kier molecular flexibility index (Phi) is 4.72. The number of hydrogen-bond donors (Lipinski definition) is 1. The molecule has 3 heterocycles. The second kappa shape index (κ2) is 6.72. The van der Waals surface area contributed by atoms with Crippen LogP contribution in [0.4, 0.5) is 0 Å². The average Bonchev–Trinajstić information content (AvgIpc) is 3.16. The smallest absolute Gasteiger partial charge is 0.233 e. The van der Waals surface area contributed by atoms with Gasteiger partial charge in [-0.05, 0) is 31.2 Å². The Morgan fingerprint density at radius 3 is 3.33 bits per heavy atom. The van der Waals surface area contributed by atoms with Crippen LogP contribution < -0.4 is 5.32 Å². The molecule has 1 amide bonds. The summed E-state index contributed by atoms with van der Waals surface area (Å²) in [6.07, 6.45) is 3.84. The first-order valence-electron chi connectivity index (χ1n) is 6.98. The van der Waals surface area contributed by atoms with Crippen LogP contribution >= 0.6 is 23.1 Å². The summed E-state index contributed by atoms with van der Waals surface area (Å²) in [5, 5.41) is 5.64. The van der Waals surface area contributed by atoms with Gasteiger partial charge in [-0.1, -0.05) is 11.8 Å². The SMILES string of the molecule is CC(Sc1ncnc2ccsc12)C(=O)NCC1CCCO1. The lowest BCUT2D eigenvalue weighted by Gasteiger charge is -2.14. The van der Waals surface area contributed by atoms with Gasteiger partial charge in [0.25, 0.3) is 0 Å². The van der Waals surface area contributed by atoms with Crippen LogP contribution in [0.5, 0.6) is 0 Å². The summed E-state index contributed by atoms with van der Waals surface area (Å²) in [7, 11) is 0. The molecule has 0 radical (unpaired) electrons. The van der Waals surface area contributed by atoms with Gasteiger partial charge < -0.3 is 10.1 Å². The van der Waals surface area contributed by atoms with Crippen molar-refractivity contribution in [2.75, 3.05) is 13.2 Å². The van der Waals surface area contributed by atoms with Crippen molar-refractivity contribution >= 4 is 39.2 Å². The van der Waals surface area contributed by atoms with E-state index in [-0.39, 0.29) is 17.3 Å². The van der Waals surface area contributed by atoms with Gasteiger partial charge in [-0.2, -0.15) is 0 Å². The van der Waals surface area contributed by atoms with E-state index < -0.39 is 0 Å². The van der Waals surface area contributed by atoms with Gasteiger partial charge in [-0.25, -0.2) is 9.97 Å². The van der Waals surface area contributed by atoms with Crippen LogP contribution in [0, 0.1) is 0 Å². The molecule has 5 nitrogen and oxygen atoms in total. The summed E-state index contributed by atoms with van der Waals surface area (Å²) in [4.78, 5) is 20.7. The number of amides is 1. The van der Waals surface area contributed by atoms with Crippen LogP contribution in [0.15, 0.2) is 22.8 Å². The number of carbonyl (C=O) groups excluding carboxylic acids is 1. The van der Waals surface area contributed by atoms with Crippen LogP contribution in [0.1, 0.15) is 19.8 Å². The molecule has 2 atom stereocenters. The molecule has 112 valence electrons. The number of aromatic nitrogens is 2. The third-order valence-corrected chi connectivity index (χ3v) is 5.54. The summed E-state index contributed by atoms with van der Waals surface area (Å²) in [6.45, 7) is 3.31. The maximum atomic E-state index is 12.2. The molecule has 0 saturated carbocycles. The van der Waals surface area contributed by atoms with E-state index in [2.05, 4.69) is 15.3 Å². The highest BCUT2D eigenvalue weighted by atomic mass is 32.2. The molecule has 1 saturated heterocycles. The van der Waals surface area contributed by atoms with E-state index >= 15 is 0 Å². The minimum Gasteiger partial charge on any atom is -0.376 e. The molecule has 0 spiro atoms. The molecule has 0 bridgehead atoms. The van der Waals surface area contributed by atoms with Gasteiger partial charge in [0.15, 0.2) is 0 Å². The fourth-order valence-corrected chi connectivity index (χ4v) is 4.10. The number of thioether (sulfide) groups is 1. The van der Waals surface area contributed by atoms with Crippen LogP contribution in [0.25, 0.3) is 10.2 Å². The molecular weight excluding hydrogens is 306 g/mol. The Labute approximate surface area is 131 Å². The summed E-state index contributed by atoms with van der Waals surface area (Å²) in [5.41, 5.74) is 0.935. The first-order valence-corrected chi connectivity index (χ1v) is 8.74. The van der Waals surface area contributed by atoms with Crippen molar-refractivity contribution in [1.29, 1.82) is 0 Å². The Morgan fingerprint density at radius 2 is 2.52 bits per heavy atom. The average molecular weight is 323 g/mol. The Balaban J connectivity index is 1.58. The number of nitrogens with one attached hydrogen (secondary N) is 1. The standard InChI is InChI=1S/C14H17N3O2S2/c1-9(13(18)15-7-10-3-2-5-19-10)21-14-12-11(4-6-20-12)16-8-17-14/h4,6,8-10H,2-3,5,7H2,1H3,(H,15,18). The Bertz CT molecular complexity index is 625. The van der Waals surface area contributed by atoms with Crippen molar-refractivity contribution in [2.45, 2.75) is 36.1 Å². The number of nitrogens with zero attached hydrogens (tertiary/aromatic N) is 2. The van der Waals surface area contributed by atoms with Crippen molar-refractivity contribution in [3.8, 4) is 0 Å². The van der Waals surface area contributed by atoms with Gasteiger partial charge in [0.1, 0.15) is 11.4 Å². The first kappa shape index (κ1) is 14.7. The molecule has 7 heteroatoms. The number of hydrogen-bond acceptors (Lipinski definition) is 6. The molecule has 1 fully saturated rings. The van der Waals surface area contributed by atoms with Gasteiger partial charge in [-0.15, -0.1) is 11.3 Å². The summed E-state index contributed by atoms with van der Waals surface area (Å²) in [6, 6.07) is 1.97. The number of ether oxygens (including phenoxy) is 1. The second-order valence-electron chi connectivity index (χ2n) is 4.95. The minimum absolute atomic E-state index is 0.0267. The fraction of sp³-hybridized carbons (Fsp3) is 0.500. The van der Waals surface area contributed by atoms with Gasteiger partial charge in [0.05, 0.1) is 21.6 Å². The summed E-state index contributed by atoms with van der Waals surface area (Å²) < 4.78 is 6.55. The van der Waals surface area contributed by atoms with Gasteiger partial charge >= 0.3 is 0 Å². The van der Waals surface area contributed by atoms with E-state index in [1.807, 2.05) is 18.4 Å². The summed E-state index contributed by atoms with van der Waals surface area (Å²) >= 11 is 3.08. The topological polar surface area (TPSA) is 64.1 Å². The predicted octanol–water partition coefficient (Wildman–Crippen LogP) is 2.47.